The number of nitrogens with zero attached hydrogens (tertiary/aromatic N) is 1. The van der Waals surface area contributed by atoms with E-state index in [-0.39, 0.29) is 18.0 Å². The van der Waals surface area contributed by atoms with Gasteiger partial charge in [-0.15, -0.1) is 0 Å². The Morgan fingerprint density at radius 2 is 2.28 bits per heavy atom. The number of nitrogens with one attached hydrogen (secondary N) is 1. The number of carbonyl (C=O) groups excluding carboxylic acids is 1. The highest BCUT2D eigenvalue weighted by atomic mass is 16.3. The SMILES string of the molecule is CC(N)c1nc(C(=O)NC2CCCCC2C)co1. The third-order valence-electron chi connectivity index (χ3n) is 3.57. The van der Waals surface area contributed by atoms with Gasteiger partial charge in [0.15, 0.2) is 5.69 Å². The van der Waals surface area contributed by atoms with Gasteiger partial charge in [-0.3, -0.25) is 4.79 Å². The fourth-order valence-corrected chi connectivity index (χ4v) is 2.37. The highest BCUT2D eigenvalue weighted by Crippen LogP contribution is 2.24. The molecule has 0 bridgehead atoms. The summed E-state index contributed by atoms with van der Waals surface area (Å²) in [4.78, 5) is 16.1. The maximum Gasteiger partial charge on any atom is 0.273 e. The zero-order valence-electron chi connectivity index (χ0n) is 11.0. The van der Waals surface area contributed by atoms with Crippen molar-refractivity contribution in [2.24, 2.45) is 11.7 Å². The van der Waals surface area contributed by atoms with Gasteiger partial charge in [0.05, 0.1) is 6.04 Å². The molecule has 1 aromatic rings. The van der Waals surface area contributed by atoms with E-state index >= 15 is 0 Å². The summed E-state index contributed by atoms with van der Waals surface area (Å²) in [5.41, 5.74) is 5.97. The highest BCUT2D eigenvalue weighted by molar-refractivity contribution is 5.92. The molecule has 1 aliphatic rings. The second-order valence-corrected chi connectivity index (χ2v) is 5.20. The van der Waals surface area contributed by atoms with Crippen molar-refractivity contribution in [3.63, 3.8) is 0 Å². The largest absolute Gasteiger partial charge is 0.446 e. The molecule has 1 aromatic heterocycles. The van der Waals surface area contributed by atoms with E-state index in [1.54, 1.807) is 6.92 Å². The number of carbonyl (C=O) groups is 1. The molecule has 1 heterocycles. The summed E-state index contributed by atoms with van der Waals surface area (Å²) in [7, 11) is 0. The fourth-order valence-electron chi connectivity index (χ4n) is 2.37. The van der Waals surface area contributed by atoms with E-state index in [4.69, 9.17) is 10.2 Å². The van der Waals surface area contributed by atoms with E-state index in [2.05, 4.69) is 17.2 Å². The van der Waals surface area contributed by atoms with Crippen LogP contribution < -0.4 is 11.1 Å². The van der Waals surface area contributed by atoms with E-state index in [9.17, 15) is 4.79 Å². The Kier molecular flexibility index (Phi) is 4.01. The molecule has 1 fully saturated rings. The molecule has 100 valence electrons. The van der Waals surface area contributed by atoms with Gasteiger partial charge in [-0.05, 0) is 25.7 Å². The summed E-state index contributed by atoms with van der Waals surface area (Å²) in [6.07, 6.45) is 6.03. The van der Waals surface area contributed by atoms with E-state index < -0.39 is 0 Å². The molecule has 0 radical (unpaired) electrons. The molecule has 1 saturated carbocycles. The van der Waals surface area contributed by atoms with Crippen LogP contribution >= 0.6 is 0 Å². The van der Waals surface area contributed by atoms with Crippen molar-refractivity contribution in [1.29, 1.82) is 0 Å². The van der Waals surface area contributed by atoms with Gasteiger partial charge in [0.25, 0.3) is 5.91 Å². The lowest BCUT2D eigenvalue weighted by molar-refractivity contribution is 0.0905. The summed E-state index contributed by atoms with van der Waals surface area (Å²) >= 11 is 0. The first-order valence-corrected chi connectivity index (χ1v) is 6.60. The molecule has 3 N–H and O–H groups in total. The van der Waals surface area contributed by atoms with Crippen LogP contribution in [0.5, 0.6) is 0 Å². The number of hydrogen-bond donors (Lipinski definition) is 2. The van der Waals surface area contributed by atoms with Crippen LogP contribution in [0.15, 0.2) is 10.7 Å². The summed E-state index contributed by atoms with van der Waals surface area (Å²) < 4.78 is 5.17. The monoisotopic (exact) mass is 251 g/mol. The maximum atomic E-state index is 12.0. The summed E-state index contributed by atoms with van der Waals surface area (Å²) in [6, 6.07) is -0.0399. The first kappa shape index (κ1) is 13.1. The Labute approximate surface area is 107 Å². The van der Waals surface area contributed by atoms with Gasteiger partial charge in [0.1, 0.15) is 6.26 Å². The normalized spacial score (nSPS) is 25.7. The average molecular weight is 251 g/mol. The van der Waals surface area contributed by atoms with Crippen molar-refractivity contribution < 1.29 is 9.21 Å². The first-order valence-electron chi connectivity index (χ1n) is 6.60. The fraction of sp³-hybridized carbons (Fsp3) is 0.692. The predicted molar refractivity (Wildman–Crippen MR) is 68.0 cm³/mol. The molecule has 3 unspecified atom stereocenters. The number of nitrogens with two attached hydrogens (primary N) is 1. The first-order chi connectivity index (χ1) is 8.58. The maximum absolute atomic E-state index is 12.0. The van der Waals surface area contributed by atoms with Gasteiger partial charge in [-0.1, -0.05) is 19.8 Å². The van der Waals surface area contributed by atoms with Gasteiger partial charge >= 0.3 is 0 Å². The van der Waals surface area contributed by atoms with Gasteiger partial charge in [0, 0.05) is 6.04 Å². The quantitative estimate of drug-likeness (QED) is 0.861. The Bertz CT molecular complexity index is 414. The van der Waals surface area contributed by atoms with Crippen molar-refractivity contribution >= 4 is 5.91 Å². The molecule has 18 heavy (non-hydrogen) atoms. The van der Waals surface area contributed by atoms with Crippen LogP contribution in [0, 0.1) is 5.92 Å². The summed E-state index contributed by atoms with van der Waals surface area (Å²) in [5, 5.41) is 3.03. The number of hydrogen-bond acceptors (Lipinski definition) is 4. The van der Waals surface area contributed by atoms with Crippen LogP contribution in [0.2, 0.25) is 0 Å². The van der Waals surface area contributed by atoms with Crippen LogP contribution in [0.3, 0.4) is 0 Å². The van der Waals surface area contributed by atoms with Gasteiger partial charge in [0.2, 0.25) is 5.89 Å². The zero-order valence-corrected chi connectivity index (χ0v) is 11.0. The van der Waals surface area contributed by atoms with Crippen molar-refractivity contribution in [2.45, 2.75) is 51.6 Å². The van der Waals surface area contributed by atoms with Crippen LogP contribution in [0.1, 0.15) is 62.0 Å². The molecule has 0 aromatic carbocycles. The molecular formula is C13H21N3O2. The predicted octanol–water partition coefficient (Wildman–Crippen LogP) is 2.00. The lowest BCUT2D eigenvalue weighted by Crippen LogP contribution is -2.41. The molecule has 1 aliphatic carbocycles. The molecular weight excluding hydrogens is 230 g/mol. The molecule has 2 rings (SSSR count). The molecule has 0 saturated heterocycles. The smallest absolute Gasteiger partial charge is 0.273 e. The van der Waals surface area contributed by atoms with Gasteiger partial charge in [-0.25, -0.2) is 4.98 Å². The molecule has 5 nitrogen and oxygen atoms in total. The summed E-state index contributed by atoms with van der Waals surface area (Å²) in [6.45, 7) is 3.96. The number of oxazole rings is 1. The van der Waals surface area contributed by atoms with Crippen LogP contribution in [-0.4, -0.2) is 16.9 Å². The van der Waals surface area contributed by atoms with Crippen molar-refractivity contribution in [2.75, 3.05) is 0 Å². The minimum absolute atomic E-state index is 0.163. The van der Waals surface area contributed by atoms with Crippen LogP contribution in [0.4, 0.5) is 0 Å². The Hall–Kier alpha value is -1.36. The molecule has 1 amide bonds. The van der Waals surface area contributed by atoms with E-state index in [1.807, 2.05) is 0 Å². The zero-order chi connectivity index (χ0) is 13.1. The molecule has 3 atom stereocenters. The lowest BCUT2D eigenvalue weighted by Gasteiger charge is -2.29. The van der Waals surface area contributed by atoms with E-state index in [1.165, 1.54) is 25.5 Å². The number of rotatable bonds is 3. The van der Waals surface area contributed by atoms with Gasteiger partial charge in [-0.2, -0.15) is 0 Å². The highest BCUT2D eigenvalue weighted by Gasteiger charge is 2.24. The Balaban J connectivity index is 1.98. The van der Waals surface area contributed by atoms with E-state index in [0.717, 1.165) is 6.42 Å². The Morgan fingerprint density at radius 1 is 1.56 bits per heavy atom. The number of amides is 1. The third-order valence-corrected chi connectivity index (χ3v) is 3.57. The third kappa shape index (κ3) is 2.90. The van der Waals surface area contributed by atoms with Gasteiger partial charge < -0.3 is 15.5 Å². The van der Waals surface area contributed by atoms with E-state index in [0.29, 0.717) is 17.5 Å². The lowest BCUT2D eigenvalue weighted by atomic mass is 9.86. The minimum Gasteiger partial charge on any atom is -0.446 e. The average Bonchev–Trinajstić information content (AvgIpc) is 2.81. The topological polar surface area (TPSA) is 81.1 Å². The van der Waals surface area contributed by atoms with Crippen molar-refractivity contribution in [1.82, 2.24) is 10.3 Å². The minimum atomic E-state index is -0.292. The Morgan fingerprint density at radius 3 is 2.89 bits per heavy atom. The van der Waals surface area contributed by atoms with Crippen molar-refractivity contribution in [3.05, 3.63) is 17.8 Å². The van der Waals surface area contributed by atoms with Crippen molar-refractivity contribution in [3.8, 4) is 0 Å². The van der Waals surface area contributed by atoms with Crippen LogP contribution in [-0.2, 0) is 0 Å². The second-order valence-electron chi connectivity index (χ2n) is 5.20. The second kappa shape index (κ2) is 5.52. The molecule has 0 aliphatic heterocycles. The standard InChI is InChI=1S/C13H21N3O2/c1-8-5-3-4-6-10(8)15-12(17)11-7-18-13(16-11)9(2)14/h7-10H,3-6,14H2,1-2H3,(H,15,17). The number of aromatic nitrogens is 1. The molecule has 0 spiro atoms. The van der Waals surface area contributed by atoms with Crippen LogP contribution in [0.25, 0.3) is 0 Å². The molecule has 5 heteroatoms. The summed E-state index contributed by atoms with van der Waals surface area (Å²) in [5.74, 6) is 0.767.